The lowest BCUT2D eigenvalue weighted by Gasteiger charge is -2.55. The molecule has 4 bridgehead atoms. The highest BCUT2D eigenvalue weighted by Gasteiger charge is 2.54. The van der Waals surface area contributed by atoms with Crippen LogP contribution in [0.5, 0.6) is 0 Å². The van der Waals surface area contributed by atoms with Crippen molar-refractivity contribution in [3.63, 3.8) is 0 Å². The molecule has 8 nitrogen and oxygen atoms in total. The van der Waals surface area contributed by atoms with Crippen molar-refractivity contribution in [1.29, 1.82) is 0 Å². The maximum atomic E-state index is 12.7. The van der Waals surface area contributed by atoms with E-state index in [4.69, 9.17) is 4.74 Å². The van der Waals surface area contributed by atoms with Gasteiger partial charge in [0.1, 0.15) is 6.54 Å². The number of hydrogen-bond donors (Lipinski definition) is 3. The Kier molecular flexibility index (Phi) is 5.72. The second kappa shape index (κ2) is 7.86. The summed E-state index contributed by atoms with van der Waals surface area (Å²) in [6.07, 6.45) is 6.50. The van der Waals surface area contributed by atoms with Crippen LogP contribution in [0.4, 0.5) is 4.79 Å². The summed E-state index contributed by atoms with van der Waals surface area (Å²) in [5.41, 5.74) is -0.318. The van der Waals surface area contributed by atoms with E-state index in [-0.39, 0.29) is 23.9 Å². The first-order valence-electron chi connectivity index (χ1n) is 9.80. The average molecular weight is 379 g/mol. The van der Waals surface area contributed by atoms with Gasteiger partial charge in [-0.05, 0) is 70.1 Å². The fourth-order valence-corrected chi connectivity index (χ4v) is 5.39. The molecule has 8 heteroatoms. The maximum Gasteiger partial charge on any atom is 0.325 e. The van der Waals surface area contributed by atoms with Crippen LogP contribution in [0.3, 0.4) is 0 Å². The summed E-state index contributed by atoms with van der Waals surface area (Å²) in [7, 11) is 0. The lowest BCUT2D eigenvalue weighted by Crippen LogP contribution is -2.54. The van der Waals surface area contributed by atoms with E-state index in [0.29, 0.717) is 17.8 Å². The van der Waals surface area contributed by atoms with Gasteiger partial charge in [0.05, 0.1) is 0 Å². The van der Waals surface area contributed by atoms with Crippen molar-refractivity contribution in [3.8, 4) is 0 Å². The molecule has 0 spiro atoms. The number of esters is 1. The Hall–Kier alpha value is -2.12. The molecular weight excluding hydrogens is 350 g/mol. The minimum atomic E-state index is -0.714. The van der Waals surface area contributed by atoms with E-state index in [9.17, 15) is 19.2 Å². The standard InChI is InChI=1S/C19H29N3O5/c1-11(2)21-18(26)22-15(23)10-27-16(24)9-20-17(25)19-6-12-3-13(7-19)5-14(4-12)8-19/h11-14H,3-10H2,1-2H3,(H,20,25)(H2,21,22,23,26). The van der Waals surface area contributed by atoms with E-state index in [0.717, 1.165) is 19.3 Å². The van der Waals surface area contributed by atoms with Gasteiger partial charge in [0, 0.05) is 11.5 Å². The van der Waals surface area contributed by atoms with Gasteiger partial charge in [0.15, 0.2) is 6.61 Å². The molecule has 0 aliphatic heterocycles. The third kappa shape index (κ3) is 4.78. The lowest BCUT2D eigenvalue weighted by atomic mass is 9.49. The second-order valence-electron chi connectivity index (χ2n) is 8.72. The molecule has 0 unspecified atom stereocenters. The van der Waals surface area contributed by atoms with Gasteiger partial charge in [-0.2, -0.15) is 0 Å². The molecule has 4 aliphatic rings. The third-order valence-corrected chi connectivity index (χ3v) is 5.95. The van der Waals surface area contributed by atoms with Crippen LogP contribution in [0.1, 0.15) is 52.4 Å². The molecule has 0 atom stereocenters. The zero-order valence-electron chi connectivity index (χ0n) is 16.0. The SMILES string of the molecule is CC(C)NC(=O)NC(=O)COC(=O)CNC(=O)C12CC3CC(CC(C3)C1)C2. The monoisotopic (exact) mass is 379 g/mol. The average Bonchev–Trinajstić information content (AvgIpc) is 2.55. The summed E-state index contributed by atoms with van der Waals surface area (Å²) in [5, 5.41) is 7.27. The van der Waals surface area contributed by atoms with Crippen LogP contribution in [0.15, 0.2) is 0 Å². The first-order chi connectivity index (χ1) is 12.8. The summed E-state index contributed by atoms with van der Waals surface area (Å²) in [5.74, 6) is 0.486. The van der Waals surface area contributed by atoms with Crippen molar-refractivity contribution in [2.75, 3.05) is 13.2 Å². The van der Waals surface area contributed by atoms with Crippen molar-refractivity contribution in [1.82, 2.24) is 16.0 Å². The lowest BCUT2D eigenvalue weighted by molar-refractivity contribution is -0.152. The molecule has 0 aromatic heterocycles. The Balaban J connectivity index is 1.39. The summed E-state index contributed by atoms with van der Waals surface area (Å²) < 4.78 is 4.83. The van der Waals surface area contributed by atoms with Crippen molar-refractivity contribution >= 4 is 23.8 Å². The fraction of sp³-hybridized carbons (Fsp3) is 0.789. The van der Waals surface area contributed by atoms with Crippen molar-refractivity contribution in [2.45, 2.75) is 58.4 Å². The molecular formula is C19H29N3O5. The molecule has 150 valence electrons. The first kappa shape index (κ1) is 19.6. The Bertz CT molecular complexity index is 596. The fourth-order valence-electron chi connectivity index (χ4n) is 5.39. The molecule has 4 rings (SSSR count). The second-order valence-corrected chi connectivity index (χ2v) is 8.72. The van der Waals surface area contributed by atoms with E-state index in [1.54, 1.807) is 13.8 Å². The summed E-state index contributed by atoms with van der Waals surface area (Å²) >= 11 is 0. The van der Waals surface area contributed by atoms with Gasteiger partial charge in [0.2, 0.25) is 5.91 Å². The predicted molar refractivity (Wildman–Crippen MR) is 96.4 cm³/mol. The van der Waals surface area contributed by atoms with Gasteiger partial charge in [-0.1, -0.05) is 0 Å². The zero-order chi connectivity index (χ0) is 19.6. The number of urea groups is 1. The van der Waals surface area contributed by atoms with Crippen LogP contribution in [0.2, 0.25) is 0 Å². The minimum absolute atomic E-state index is 0.0562. The van der Waals surface area contributed by atoms with Gasteiger partial charge < -0.3 is 15.4 Å². The zero-order valence-corrected chi connectivity index (χ0v) is 16.0. The molecule has 4 fully saturated rings. The quantitative estimate of drug-likeness (QED) is 0.598. The highest BCUT2D eigenvalue weighted by molar-refractivity contribution is 5.95. The van der Waals surface area contributed by atoms with Gasteiger partial charge in [-0.15, -0.1) is 0 Å². The molecule has 4 aliphatic carbocycles. The summed E-state index contributed by atoms with van der Waals surface area (Å²) in [6.45, 7) is 2.71. The highest BCUT2D eigenvalue weighted by Crippen LogP contribution is 2.60. The largest absolute Gasteiger partial charge is 0.454 e. The number of amides is 4. The number of carbonyl (C=O) groups is 4. The number of imide groups is 1. The summed E-state index contributed by atoms with van der Waals surface area (Å²) in [6, 6.07) is -0.749. The van der Waals surface area contributed by atoms with Gasteiger partial charge >= 0.3 is 12.0 Å². The van der Waals surface area contributed by atoms with Gasteiger partial charge in [0.25, 0.3) is 5.91 Å². The molecule has 4 amide bonds. The Labute approximate surface area is 159 Å². The van der Waals surface area contributed by atoms with Crippen molar-refractivity contribution in [3.05, 3.63) is 0 Å². The van der Waals surface area contributed by atoms with Crippen LogP contribution in [-0.2, 0) is 19.1 Å². The topological polar surface area (TPSA) is 114 Å². The van der Waals surface area contributed by atoms with Gasteiger partial charge in [-0.3, -0.25) is 19.7 Å². The molecule has 0 heterocycles. The number of carbonyl (C=O) groups excluding carboxylic acids is 4. The number of hydrogen-bond acceptors (Lipinski definition) is 5. The first-order valence-corrected chi connectivity index (χ1v) is 9.80. The van der Waals surface area contributed by atoms with E-state index in [2.05, 4.69) is 16.0 Å². The molecule has 0 aromatic carbocycles. The Morgan fingerprint density at radius 1 is 1.00 bits per heavy atom. The van der Waals surface area contributed by atoms with Crippen molar-refractivity contribution < 1.29 is 23.9 Å². The number of rotatable bonds is 6. The molecule has 0 radical (unpaired) electrons. The normalized spacial score (nSPS) is 30.7. The molecule has 3 N–H and O–H groups in total. The van der Waals surface area contributed by atoms with E-state index in [1.165, 1.54) is 19.3 Å². The summed E-state index contributed by atoms with van der Waals surface area (Å²) in [4.78, 5) is 47.5. The number of nitrogens with one attached hydrogen (secondary N) is 3. The molecule has 4 saturated carbocycles. The van der Waals surface area contributed by atoms with Crippen molar-refractivity contribution in [2.24, 2.45) is 23.2 Å². The maximum absolute atomic E-state index is 12.7. The van der Waals surface area contributed by atoms with Crippen LogP contribution in [-0.4, -0.2) is 43.0 Å². The Morgan fingerprint density at radius 2 is 1.56 bits per heavy atom. The molecule has 0 saturated heterocycles. The van der Waals surface area contributed by atoms with Crippen LogP contribution in [0.25, 0.3) is 0 Å². The third-order valence-electron chi connectivity index (χ3n) is 5.95. The minimum Gasteiger partial charge on any atom is -0.454 e. The Morgan fingerprint density at radius 3 is 2.07 bits per heavy atom. The number of ether oxygens (including phenoxy) is 1. The van der Waals surface area contributed by atoms with E-state index < -0.39 is 24.5 Å². The van der Waals surface area contributed by atoms with E-state index in [1.807, 2.05) is 0 Å². The van der Waals surface area contributed by atoms with Crippen LogP contribution < -0.4 is 16.0 Å². The van der Waals surface area contributed by atoms with Crippen LogP contribution >= 0.6 is 0 Å². The predicted octanol–water partition coefficient (Wildman–Crippen LogP) is 1.10. The highest BCUT2D eigenvalue weighted by atomic mass is 16.5. The molecule has 27 heavy (non-hydrogen) atoms. The van der Waals surface area contributed by atoms with E-state index >= 15 is 0 Å². The molecule has 0 aromatic rings. The van der Waals surface area contributed by atoms with Gasteiger partial charge in [-0.25, -0.2) is 4.79 Å². The van der Waals surface area contributed by atoms with Crippen LogP contribution in [0, 0.1) is 23.2 Å². The smallest absolute Gasteiger partial charge is 0.325 e.